The Morgan fingerprint density at radius 1 is 1.03 bits per heavy atom. The molecule has 0 aromatic rings. The molecule has 1 amide bonds. The molecular formula is C22H36FN5O3. The van der Waals surface area contributed by atoms with Crippen LogP contribution in [0.5, 0.6) is 0 Å². The average Bonchev–Trinajstić information content (AvgIpc) is 3.38. The van der Waals surface area contributed by atoms with E-state index in [0.29, 0.717) is 61.9 Å². The molecule has 6 fully saturated rings. The molecule has 1 saturated carbocycles. The van der Waals surface area contributed by atoms with Crippen LogP contribution in [0.1, 0.15) is 44.9 Å². The topological polar surface area (TPSA) is 78.1 Å². The zero-order valence-corrected chi connectivity index (χ0v) is 18.2. The van der Waals surface area contributed by atoms with Crippen molar-refractivity contribution in [3.63, 3.8) is 0 Å². The monoisotopic (exact) mass is 437 g/mol. The molecule has 1 aliphatic carbocycles. The Morgan fingerprint density at radius 3 is 2.52 bits per heavy atom. The average molecular weight is 438 g/mol. The van der Waals surface area contributed by atoms with Crippen LogP contribution in [0, 0.1) is 11.8 Å². The molecule has 5 aliphatic heterocycles. The highest BCUT2D eigenvalue weighted by Crippen LogP contribution is 2.39. The highest BCUT2D eigenvalue weighted by atomic mass is 19.1. The van der Waals surface area contributed by atoms with Crippen LogP contribution in [0.4, 0.5) is 4.39 Å². The zero-order chi connectivity index (χ0) is 21.0. The lowest BCUT2D eigenvalue weighted by atomic mass is 9.79. The van der Waals surface area contributed by atoms with Gasteiger partial charge >= 0.3 is 0 Å². The molecule has 6 aliphatic rings. The van der Waals surface area contributed by atoms with Gasteiger partial charge in [-0.15, -0.1) is 0 Å². The van der Waals surface area contributed by atoms with Gasteiger partial charge in [0.15, 0.2) is 5.67 Å². The fourth-order valence-corrected chi connectivity index (χ4v) is 6.48. The fourth-order valence-electron chi connectivity index (χ4n) is 6.48. The van der Waals surface area contributed by atoms with Crippen LogP contribution in [0.3, 0.4) is 0 Å². The Hall–Kier alpha value is -0.840. The van der Waals surface area contributed by atoms with Crippen molar-refractivity contribution in [1.29, 1.82) is 0 Å². The molecule has 3 N–H and O–H groups in total. The van der Waals surface area contributed by atoms with Gasteiger partial charge in [-0.1, -0.05) is 0 Å². The molecule has 5 heterocycles. The summed E-state index contributed by atoms with van der Waals surface area (Å²) in [6.45, 7) is 5.10. The van der Waals surface area contributed by atoms with Crippen LogP contribution in [0.15, 0.2) is 0 Å². The van der Waals surface area contributed by atoms with E-state index in [9.17, 15) is 9.18 Å². The van der Waals surface area contributed by atoms with Gasteiger partial charge in [0.25, 0.3) is 5.91 Å². The van der Waals surface area contributed by atoms with E-state index in [1.54, 1.807) is 4.90 Å². The highest BCUT2D eigenvalue weighted by molar-refractivity contribution is 5.86. The highest BCUT2D eigenvalue weighted by Gasteiger charge is 2.49. The third kappa shape index (κ3) is 3.71. The number of halogens is 1. The number of hydrogen-bond donors (Lipinski definition) is 3. The molecular weight excluding hydrogens is 401 g/mol. The summed E-state index contributed by atoms with van der Waals surface area (Å²) in [5, 5.41) is 6.20. The van der Waals surface area contributed by atoms with Crippen LogP contribution in [-0.4, -0.2) is 91.1 Å². The van der Waals surface area contributed by atoms with Gasteiger partial charge in [0.05, 0.1) is 25.4 Å². The van der Waals surface area contributed by atoms with Crippen molar-refractivity contribution >= 4 is 5.91 Å². The van der Waals surface area contributed by atoms with Crippen LogP contribution < -0.4 is 16.2 Å². The number of hydrogen-bond acceptors (Lipinski definition) is 7. The fraction of sp³-hybridized carbons (Fsp3) is 0.955. The van der Waals surface area contributed by atoms with Gasteiger partial charge in [0.1, 0.15) is 0 Å². The van der Waals surface area contributed by atoms with E-state index < -0.39 is 5.67 Å². The smallest absolute Gasteiger partial charge is 0.260 e. The molecule has 6 rings (SSSR count). The minimum atomic E-state index is -1.56. The largest absolute Gasteiger partial charge is 0.378 e. The normalized spacial score (nSPS) is 41.6. The van der Waals surface area contributed by atoms with Gasteiger partial charge in [-0.2, -0.15) is 5.48 Å². The lowest BCUT2D eigenvalue weighted by molar-refractivity contribution is -0.151. The predicted molar refractivity (Wildman–Crippen MR) is 112 cm³/mol. The number of carbonyl (C=O) groups is 1. The zero-order valence-electron chi connectivity index (χ0n) is 18.2. The van der Waals surface area contributed by atoms with Crippen LogP contribution in [0.2, 0.25) is 0 Å². The first kappa shape index (κ1) is 20.7. The molecule has 5 unspecified atom stereocenters. The van der Waals surface area contributed by atoms with Crippen LogP contribution in [-0.2, 0) is 14.4 Å². The quantitative estimate of drug-likeness (QED) is 0.586. The first-order valence-corrected chi connectivity index (χ1v) is 12.3. The van der Waals surface area contributed by atoms with Gasteiger partial charge in [-0.25, -0.2) is 9.40 Å². The molecule has 174 valence electrons. The molecule has 0 bridgehead atoms. The van der Waals surface area contributed by atoms with Crippen molar-refractivity contribution in [3.05, 3.63) is 0 Å². The maximum atomic E-state index is 14.5. The molecule has 9 heteroatoms. The van der Waals surface area contributed by atoms with Crippen molar-refractivity contribution in [3.8, 4) is 0 Å². The van der Waals surface area contributed by atoms with Crippen LogP contribution >= 0.6 is 0 Å². The second-order valence-electron chi connectivity index (χ2n) is 10.6. The molecule has 5 saturated heterocycles. The molecule has 0 radical (unpaired) electrons. The second-order valence-corrected chi connectivity index (χ2v) is 10.6. The van der Waals surface area contributed by atoms with Gasteiger partial charge in [-0.05, 0) is 50.9 Å². The molecule has 31 heavy (non-hydrogen) atoms. The third-order valence-corrected chi connectivity index (χ3v) is 8.82. The van der Waals surface area contributed by atoms with Gasteiger partial charge < -0.3 is 15.0 Å². The van der Waals surface area contributed by atoms with Crippen molar-refractivity contribution in [1.82, 2.24) is 26.1 Å². The van der Waals surface area contributed by atoms with E-state index in [1.807, 2.05) is 0 Å². The van der Waals surface area contributed by atoms with Crippen molar-refractivity contribution in [2.75, 3.05) is 39.4 Å². The maximum Gasteiger partial charge on any atom is 0.260 e. The SMILES string of the molecule is O=C(N1CCC(C2CC(C3CC4C(CN3)CNN4C3COC3)ON2)CC1)C1(F)CCC1. The first-order chi connectivity index (χ1) is 15.1. The number of carbonyl (C=O) groups excluding carboxylic acids is 1. The molecule has 0 aromatic carbocycles. The van der Waals surface area contributed by atoms with E-state index in [-0.39, 0.29) is 12.0 Å². The van der Waals surface area contributed by atoms with Crippen molar-refractivity contribution in [2.45, 2.75) is 80.9 Å². The summed E-state index contributed by atoms with van der Waals surface area (Å²) in [5.41, 5.74) is 5.36. The molecule has 8 nitrogen and oxygen atoms in total. The summed E-state index contributed by atoms with van der Waals surface area (Å²) >= 11 is 0. The number of nitrogens with zero attached hydrogens (tertiary/aromatic N) is 2. The number of ether oxygens (including phenoxy) is 1. The molecule has 5 atom stereocenters. The number of alkyl halides is 1. The first-order valence-electron chi connectivity index (χ1n) is 12.3. The van der Waals surface area contributed by atoms with E-state index >= 15 is 0 Å². The summed E-state index contributed by atoms with van der Waals surface area (Å²) in [6, 6.07) is 1.74. The standard InChI is InChI=1S/C22H36FN5O3/c23-22(4-1-5-22)21(29)27-6-2-14(3-7-27)17-9-20(31-26-17)18-8-19-15(10-24-18)11-25-28(19)16-12-30-13-16/h14-20,24-26H,1-13H2. The van der Waals surface area contributed by atoms with Crippen LogP contribution in [0.25, 0.3) is 0 Å². The number of rotatable bonds is 4. The van der Waals surface area contributed by atoms with Gasteiger partial charge in [-0.3, -0.25) is 15.1 Å². The number of fused-ring (bicyclic) bond motifs is 1. The Morgan fingerprint density at radius 2 is 1.84 bits per heavy atom. The Balaban J connectivity index is 1.00. The maximum absolute atomic E-state index is 14.5. The summed E-state index contributed by atoms with van der Waals surface area (Å²) in [5.74, 6) is 0.871. The van der Waals surface area contributed by atoms with E-state index in [4.69, 9.17) is 9.57 Å². The number of likely N-dealkylation sites (tertiary alicyclic amines) is 1. The van der Waals surface area contributed by atoms with Crippen molar-refractivity contribution in [2.24, 2.45) is 11.8 Å². The minimum Gasteiger partial charge on any atom is -0.378 e. The number of hydroxylamine groups is 1. The van der Waals surface area contributed by atoms with Gasteiger partial charge in [0.2, 0.25) is 0 Å². The van der Waals surface area contributed by atoms with E-state index in [1.165, 1.54) is 0 Å². The summed E-state index contributed by atoms with van der Waals surface area (Å²) in [6.07, 6.45) is 5.78. The predicted octanol–water partition coefficient (Wildman–Crippen LogP) is 0.345. The summed E-state index contributed by atoms with van der Waals surface area (Å²) < 4.78 is 19.9. The van der Waals surface area contributed by atoms with Gasteiger partial charge in [0, 0.05) is 50.2 Å². The third-order valence-electron chi connectivity index (χ3n) is 8.82. The summed E-state index contributed by atoms with van der Waals surface area (Å²) in [4.78, 5) is 20.3. The number of amides is 1. The second kappa shape index (κ2) is 8.18. The number of hydrazine groups is 1. The summed E-state index contributed by atoms with van der Waals surface area (Å²) in [7, 11) is 0. The minimum absolute atomic E-state index is 0.176. The lowest BCUT2D eigenvalue weighted by Gasteiger charge is -2.43. The Kier molecular flexibility index (Phi) is 5.48. The van der Waals surface area contributed by atoms with E-state index in [2.05, 4.69) is 21.2 Å². The Labute approximate surface area is 183 Å². The molecule has 0 spiro atoms. The Bertz CT molecular complexity index is 682. The van der Waals surface area contributed by atoms with E-state index in [0.717, 1.165) is 58.4 Å². The molecule has 0 aromatic heterocycles. The lowest BCUT2D eigenvalue weighted by Crippen LogP contribution is -2.59. The number of piperidine rings is 2. The number of nitrogens with one attached hydrogen (secondary N) is 3. The van der Waals surface area contributed by atoms with Crippen molar-refractivity contribution < 1.29 is 18.8 Å².